The van der Waals surface area contributed by atoms with Gasteiger partial charge in [-0.1, -0.05) is 17.2 Å². The summed E-state index contributed by atoms with van der Waals surface area (Å²) in [5.74, 6) is 0.565. The van der Waals surface area contributed by atoms with Gasteiger partial charge < -0.3 is 9.05 Å². The van der Waals surface area contributed by atoms with Gasteiger partial charge in [0, 0.05) is 11.6 Å². The van der Waals surface area contributed by atoms with Crippen molar-refractivity contribution in [1.29, 1.82) is 0 Å². The number of amides is 1. The predicted octanol–water partition coefficient (Wildman–Crippen LogP) is 2.09. The van der Waals surface area contributed by atoms with Crippen molar-refractivity contribution in [3.05, 3.63) is 28.8 Å². The van der Waals surface area contributed by atoms with Gasteiger partial charge in [0.25, 0.3) is 5.91 Å². The molecule has 2 aromatic heterocycles. The Morgan fingerprint density at radius 2 is 2.12 bits per heavy atom. The van der Waals surface area contributed by atoms with E-state index < -0.39 is 0 Å². The van der Waals surface area contributed by atoms with E-state index in [2.05, 4.69) is 15.6 Å². The van der Waals surface area contributed by atoms with Gasteiger partial charge in [-0.05, 0) is 20.3 Å². The SMILES string of the molecule is CCc1noc(NC(=O)c2cc(C)on2)c1C. The third kappa shape index (κ3) is 2.20. The average Bonchev–Trinajstić information content (AvgIpc) is 2.87. The van der Waals surface area contributed by atoms with Crippen LogP contribution >= 0.6 is 0 Å². The molecule has 1 N–H and O–H groups in total. The molecule has 17 heavy (non-hydrogen) atoms. The summed E-state index contributed by atoms with van der Waals surface area (Å²) in [6, 6.07) is 1.56. The molecule has 0 atom stereocenters. The average molecular weight is 235 g/mol. The van der Waals surface area contributed by atoms with Crippen molar-refractivity contribution >= 4 is 11.8 Å². The summed E-state index contributed by atoms with van der Waals surface area (Å²) in [6.45, 7) is 5.54. The number of aromatic nitrogens is 2. The van der Waals surface area contributed by atoms with Crippen molar-refractivity contribution in [3.8, 4) is 0 Å². The fraction of sp³-hybridized carbons (Fsp3) is 0.364. The molecule has 0 bridgehead atoms. The van der Waals surface area contributed by atoms with E-state index in [9.17, 15) is 4.79 Å². The number of carbonyl (C=O) groups excluding carboxylic acids is 1. The van der Waals surface area contributed by atoms with Gasteiger partial charge in [0.15, 0.2) is 5.69 Å². The first kappa shape index (κ1) is 11.4. The van der Waals surface area contributed by atoms with Gasteiger partial charge in [-0.3, -0.25) is 10.1 Å². The van der Waals surface area contributed by atoms with Crippen molar-refractivity contribution < 1.29 is 13.8 Å². The monoisotopic (exact) mass is 235 g/mol. The Morgan fingerprint density at radius 3 is 2.65 bits per heavy atom. The van der Waals surface area contributed by atoms with Gasteiger partial charge in [-0.25, -0.2) is 0 Å². The van der Waals surface area contributed by atoms with Gasteiger partial charge in [0.1, 0.15) is 5.76 Å². The minimum absolute atomic E-state index is 0.219. The van der Waals surface area contributed by atoms with Crippen LogP contribution in [0.15, 0.2) is 15.1 Å². The Labute approximate surface area is 98.0 Å². The summed E-state index contributed by atoms with van der Waals surface area (Å²) in [5.41, 5.74) is 1.88. The number of hydrogen-bond acceptors (Lipinski definition) is 5. The normalized spacial score (nSPS) is 10.5. The number of anilines is 1. The molecule has 0 spiro atoms. The van der Waals surface area contributed by atoms with Crippen LogP contribution in [0, 0.1) is 13.8 Å². The van der Waals surface area contributed by atoms with Crippen molar-refractivity contribution in [3.63, 3.8) is 0 Å². The molecule has 0 fully saturated rings. The van der Waals surface area contributed by atoms with Gasteiger partial charge in [0.05, 0.1) is 5.69 Å². The van der Waals surface area contributed by atoms with Crippen LogP contribution in [0.5, 0.6) is 0 Å². The molecule has 6 heteroatoms. The molecule has 0 radical (unpaired) electrons. The highest BCUT2D eigenvalue weighted by atomic mass is 16.5. The van der Waals surface area contributed by atoms with Gasteiger partial charge in [-0.2, -0.15) is 0 Å². The van der Waals surface area contributed by atoms with E-state index in [0.717, 1.165) is 17.7 Å². The Kier molecular flexibility index (Phi) is 2.95. The summed E-state index contributed by atoms with van der Waals surface area (Å²) < 4.78 is 9.87. The molecule has 0 aromatic carbocycles. The quantitative estimate of drug-likeness (QED) is 0.880. The van der Waals surface area contributed by atoms with Crippen LogP contribution in [0.4, 0.5) is 5.88 Å². The molecule has 2 heterocycles. The molecule has 1 amide bonds. The number of nitrogens with zero attached hydrogens (tertiary/aromatic N) is 2. The third-order valence-electron chi connectivity index (χ3n) is 2.44. The first-order valence-electron chi connectivity index (χ1n) is 5.31. The van der Waals surface area contributed by atoms with Crippen molar-refractivity contribution in [2.75, 3.05) is 5.32 Å². The van der Waals surface area contributed by atoms with E-state index in [1.807, 2.05) is 13.8 Å². The molecule has 0 saturated carbocycles. The summed E-state index contributed by atoms with van der Waals surface area (Å²) in [7, 11) is 0. The number of hydrogen-bond donors (Lipinski definition) is 1. The molecule has 6 nitrogen and oxygen atoms in total. The topological polar surface area (TPSA) is 81.2 Å². The Bertz CT molecular complexity index is 542. The molecule has 0 aliphatic rings. The zero-order chi connectivity index (χ0) is 12.4. The molecular formula is C11H13N3O3. The summed E-state index contributed by atoms with van der Waals surface area (Å²) in [5, 5.41) is 10.1. The van der Waals surface area contributed by atoms with Crippen molar-refractivity contribution in [2.24, 2.45) is 0 Å². The van der Waals surface area contributed by atoms with E-state index in [0.29, 0.717) is 11.6 Å². The molecule has 0 aliphatic heterocycles. The Morgan fingerprint density at radius 1 is 1.35 bits per heavy atom. The Balaban J connectivity index is 2.15. The van der Waals surface area contributed by atoms with E-state index in [1.165, 1.54) is 0 Å². The molecular weight excluding hydrogens is 222 g/mol. The van der Waals surface area contributed by atoms with E-state index in [-0.39, 0.29) is 11.6 Å². The maximum atomic E-state index is 11.8. The smallest absolute Gasteiger partial charge is 0.280 e. The molecule has 90 valence electrons. The second kappa shape index (κ2) is 4.40. The second-order valence-electron chi connectivity index (χ2n) is 3.71. The zero-order valence-corrected chi connectivity index (χ0v) is 9.90. The molecule has 0 saturated heterocycles. The van der Waals surface area contributed by atoms with Crippen LogP contribution in [0.1, 0.15) is 34.4 Å². The van der Waals surface area contributed by atoms with Crippen LogP contribution in [0.25, 0.3) is 0 Å². The number of carbonyl (C=O) groups is 1. The fourth-order valence-corrected chi connectivity index (χ4v) is 1.46. The second-order valence-corrected chi connectivity index (χ2v) is 3.71. The van der Waals surface area contributed by atoms with Crippen molar-refractivity contribution in [2.45, 2.75) is 27.2 Å². The lowest BCUT2D eigenvalue weighted by Crippen LogP contribution is -2.12. The maximum Gasteiger partial charge on any atom is 0.280 e. The molecule has 0 aliphatic carbocycles. The largest absolute Gasteiger partial charge is 0.361 e. The number of nitrogens with one attached hydrogen (secondary N) is 1. The maximum absolute atomic E-state index is 11.8. The van der Waals surface area contributed by atoms with Crippen LogP contribution in [0.3, 0.4) is 0 Å². The molecule has 2 rings (SSSR count). The minimum Gasteiger partial charge on any atom is -0.361 e. The lowest BCUT2D eigenvalue weighted by Gasteiger charge is -1.98. The van der Waals surface area contributed by atoms with Gasteiger partial charge >= 0.3 is 0 Å². The summed E-state index contributed by atoms with van der Waals surface area (Å²) in [4.78, 5) is 11.8. The Hall–Kier alpha value is -2.11. The van der Waals surface area contributed by atoms with Crippen LogP contribution in [0.2, 0.25) is 0 Å². The van der Waals surface area contributed by atoms with Crippen LogP contribution < -0.4 is 5.32 Å². The minimum atomic E-state index is -0.372. The van der Waals surface area contributed by atoms with E-state index >= 15 is 0 Å². The highest BCUT2D eigenvalue weighted by molar-refractivity contribution is 6.02. The summed E-state index contributed by atoms with van der Waals surface area (Å²) in [6.07, 6.45) is 0.758. The highest BCUT2D eigenvalue weighted by Gasteiger charge is 2.16. The van der Waals surface area contributed by atoms with Crippen molar-refractivity contribution in [1.82, 2.24) is 10.3 Å². The first-order chi connectivity index (χ1) is 8.11. The first-order valence-corrected chi connectivity index (χ1v) is 5.31. The van der Waals surface area contributed by atoms with E-state index in [4.69, 9.17) is 9.05 Å². The predicted molar refractivity (Wildman–Crippen MR) is 59.8 cm³/mol. The zero-order valence-electron chi connectivity index (χ0n) is 9.90. The van der Waals surface area contributed by atoms with Crippen LogP contribution in [-0.4, -0.2) is 16.2 Å². The third-order valence-corrected chi connectivity index (χ3v) is 2.44. The standard InChI is InChI=1S/C11H13N3O3/c1-4-8-7(3)11(17-13-8)12-10(15)9-5-6(2)16-14-9/h5H,4H2,1-3H3,(H,12,15). The van der Waals surface area contributed by atoms with E-state index in [1.54, 1.807) is 13.0 Å². The molecule has 0 unspecified atom stereocenters. The number of aryl methyl sites for hydroxylation is 2. The van der Waals surface area contributed by atoms with Crippen LogP contribution in [-0.2, 0) is 6.42 Å². The fourth-order valence-electron chi connectivity index (χ4n) is 1.46. The number of rotatable bonds is 3. The van der Waals surface area contributed by atoms with Gasteiger partial charge in [-0.15, -0.1) is 0 Å². The van der Waals surface area contributed by atoms with Gasteiger partial charge in [0.2, 0.25) is 5.88 Å². The lowest BCUT2D eigenvalue weighted by molar-refractivity contribution is 0.101. The lowest BCUT2D eigenvalue weighted by atomic mass is 10.2. The highest BCUT2D eigenvalue weighted by Crippen LogP contribution is 2.19. The summed E-state index contributed by atoms with van der Waals surface area (Å²) >= 11 is 0. The molecule has 2 aromatic rings.